The molecule has 0 heterocycles. The van der Waals surface area contributed by atoms with Crippen LogP contribution in [0.2, 0.25) is 0 Å². The zero-order chi connectivity index (χ0) is 14.6. The lowest BCUT2D eigenvalue weighted by molar-refractivity contribution is 0.212. The standard InChI is InChI=1S/C14H29NO2S/c1-8-12(3)10-13(4)11-15(14(5,6)7)18(16,17)9-2/h9,12-13H,2,8,10-11H2,1,3-7H3. The second kappa shape index (κ2) is 6.71. The lowest BCUT2D eigenvalue weighted by Crippen LogP contribution is -2.46. The second-order valence-electron chi connectivity index (χ2n) is 6.27. The molecule has 0 aromatic carbocycles. The van der Waals surface area contributed by atoms with Crippen LogP contribution >= 0.6 is 0 Å². The largest absolute Gasteiger partial charge is 0.236 e. The first-order chi connectivity index (χ1) is 8.04. The predicted molar refractivity (Wildman–Crippen MR) is 78.8 cm³/mol. The van der Waals surface area contributed by atoms with Crippen LogP contribution in [0.1, 0.15) is 54.4 Å². The summed E-state index contributed by atoms with van der Waals surface area (Å²) in [5.74, 6) is 0.988. The van der Waals surface area contributed by atoms with E-state index in [4.69, 9.17) is 0 Å². The fraction of sp³-hybridized carbons (Fsp3) is 0.857. The Kier molecular flexibility index (Phi) is 6.58. The topological polar surface area (TPSA) is 37.4 Å². The van der Waals surface area contributed by atoms with Crippen molar-refractivity contribution in [2.75, 3.05) is 6.54 Å². The first-order valence-electron chi connectivity index (χ1n) is 6.69. The normalized spacial score (nSPS) is 16.6. The first kappa shape index (κ1) is 17.6. The molecule has 0 saturated carbocycles. The summed E-state index contributed by atoms with van der Waals surface area (Å²) >= 11 is 0. The van der Waals surface area contributed by atoms with Gasteiger partial charge in [-0.3, -0.25) is 0 Å². The summed E-state index contributed by atoms with van der Waals surface area (Å²) < 4.78 is 25.6. The van der Waals surface area contributed by atoms with Crippen molar-refractivity contribution in [2.24, 2.45) is 11.8 Å². The molecule has 0 bridgehead atoms. The van der Waals surface area contributed by atoms with E-state index in [9.17, 15) is 8.42 Å². The average molecular weight is 275 g/mol. The molecule has 0 rings (SSSR count). The highest BCUT2D eigenvalue weighted by molar-refractivity contribution is 7.92. The van der Waals surface area contributed by atoms with Crippen LogP contribution in [0.15, 0.2) is 12.0 Å². The second-order valence-corrected chi connectivity index (χ2v) is 8.07. The molecule has 0 aliphatic carbocycles. The van der Waals surface area contributed by atoms with E-state index in [2.05, 4.69) is 27.4 Å². The molecule has 18 heavy (non-hydrogen) atoms. The third-order valence-corrected chi connectivity index (χ3v) is 4.98. The molecule has 0 aromatic heterocycles. The number of sulfonamides is 1. The predicted octanol–water partition coefficient (Wildman–Crippen LogP) is 3.63. The summed E-state index contributed by atoms with van der Waals surface area (Å²) in [6.07, 6.45) is 2.18. The van der Waals surface area contributed by atoms with Crippen molar-refractivity contribution in [3.63, 3.8) is 0 Å². The summed E-state index contributed by atoms with van der Waals surface area (Å²) in [6, 6.07) is 0. The first-order valence-corrected chi connectivity index (χ1v) is 8.20. The average Bonchev–Trinajstić information content (AvgIpc) is 2.24. The molecule has 0 aromatic rings. The summed E-state index contributed by atoms with van der Waals surface area (Å²) in [5.41, 5.74) is -0.406. The smallest absolute Gasteiger partial charge is 0.208 e. The van der Waals surface area contributed by atoms with Crippen LogP contribution in [0.5, 0.6) is 0 Å². The lowest BCUT2D eigenvalue weighted by atomic mass is 9.94. The molecule has 0 N–H and O–H groups in total. The number of hydrogen-bond acceptors (Lipinski definition) is 2. The Labute approximate surface area is 113 Å². The van der Waals surface area contributed by atoms with Crippen molar-refractivity contribution in [3.05, 3.63) is 12.0 Å². The minimum atomic E-state index is -3.36. The van der Waals surface area contributed by atoms with Gasteiger partial charge in [0.25, 0.3) is 0 Å². The van der Waals surface area contributed by atoms with Crippen LogP contribution in [0.3, 0.4) is 0 Å². The van der Waals surface area contributed by atoms with E-state index in [1.54, 1.807) is 4.31 Å². The molecular weight excluding hydrogens is 246 g/mol. The van der Waals surface area contributed by atoms with Gasteiger partial charge in [0.1, 0.15) is 0 Å². The van der Waals surface area contributed by atoms with Crippen molar-refractivity contribution in [1.29, 1.82) is 0 Å². The minimum absolute atomic E-state index is 0.355. The monoisotopic (exact) mass is 275 g/mol. The quantitative estimate of drug-likeness (QED) is 0.711. The highest BCUT2D eigenvalue weighted by Crippen LogP contribution is 2.24. The zero-order valence-electron chi connectivity index (χ0n) is 12.7. The third-order valence-electron chi connectivity index (χ3n) is 3.25. The van der Waals surface area contributed by atoms with Crippen LogP contribution in [0.4, 0.5) is 0 Å². The lowest BCUT2D eigenvalue weighted by Gasteiger charge is -2.35. The van der Waals surface area contributed by atoms with Gasteiger partial charge in [-0.15, -0.1) is 0 Å². The Hall–Kier alpha value is -0.350. The SMILES string of the molecule is C=CS(=O)(=O)N(CC(C)CC(C)CC)C(C)(C)C. The maximum Gasteiger partial charge on any atom is 0.236 e. The van der Waals surface area contributed by atoms with E-state index >= 15 is 0 Å². The summed E-state index contributed by atoms with van der Waals surface area (Å²) in [7, 11) is -3.36. The van der Waals surface area contributed by atoms with Gasteiger partial charge in [-0.25, -0.2) is 8.42 Å². The van der Waals surface area contributed by atoms with Gasteiger partial charge < -0.3 is 0 Å². The van der Waals surface area contributed by atoms with Crippen molar-refractivity contribution in [1.82, 2.24) is 4.31 Å². The van der Waals surface area contributed by atoms with Gasteiger partial charge in [0.05, 0.1) is 0 Å². The number of hydrogen-bond donors (Lipinski definition) is 0. The molecule has 0 amide bonds. The molecule has 0 fully saturated rings. The van der Waals surface area contributed by atoms with Gasteiger partial charge in [0.2, 0.25) is 10.0 Å². The van der Waals surface area contributed by atoms with Crippen LogP contribution in [-0.4, -0.2) is 24.8 Å². The third kappa shape index (κ3) is 5.53. The molecule has 0 saturated heterocycles. The molecular formula is C14H29NO2S. The van der Waals surface area contributed by atoms with E-state index in [1.807, 2.05) is 20.8 Å². The molecule has 2 unspecified atom stereocenters. The summed E-state index contributed by atoms with van der Waals surface area (Å²) in [6.45, 7) is 16.2. The van der Waals surface area contributed by atoms with Crippen LogP contribution in [0, 0.1) is 11.8 Å². The van der Waals surface area contributed by atoms with Crippen molar-refractivity contribution in [3.8, 4) is 0 Å². The number of nitrogens with zero attached hydrogens (tertiary/aromatic N) is 1. The molecule has 0 aliphatic rings. The van der Waals surface area contributed by atoms with Gasteiger partial charge in [0, 0.05) is 17.5 Å². The molecule has 3 nitrogen and oxygen atoms in total. The Bertz CT molecular complexity index is 354. The highest BCUT2D eigenvalue weighted by atomic mass is 32.2. The van der Waals surface area contributed by atoms with Crippen LogP contribution in [-0.2, 0) is 10.0 Å². The van der Waals surface area contributed by atoms with Crippen LogP contribution < -0.4 is 0 Å². The molecule has 4 heteroatoms. The zero-order valence-corrected chi connectivity index (χ0v) is 13.5. The molecule has 0 spiro atoms. The Balaban J connectivity index is 4.89. The van der Waals surface area contributed by atoms with E-state index < -0.39 is 15.6 Å². The fourth-order valence-electron chi connectivity index (χ4n) is 2.06. The molecule has 108 valence electrons. The van der Waals surface area contributed by atoms with Gasteiger partial charge in [-0.05, 0) is 39.0 Å². The van der Waals surface area contributed by atoms with Crippen LogP contribution in [0.25, 0.3) is 0 Å². The van der Waals surface area contributed by atoms with E-state index in [0.717, 1.165) is 18.2 Å². The fourth-order valence-corrected chi connectivity index (χ4v) is 3.47. The highest BCUT2D eigenvalue weighted by Gasteiger charge is 2.31. The summed E-state index contributed by atoms with van der Waals surface area (Å²) in [4.78, 5) is 0. The Morgan fingerprint density at radius 3 is 2.06 bits per heavy atom. The molecule has 0 radical (unpaired) electrons. The van der Waals surface area contributed by atoms with Crippen molar-refractivity contribution < 1.29 is 8.42 Å². The Morgan fingerprint density at radius 1 is 1.22 bits per heavy atom. The number of rotatable bonds is 7. The van der Waals surface area contributed by atoms with Gasteiger partial charge in [-0.2, -0.15) is 4.31 Å². The van der Waals surface area contributed by atoms with E-state index in [0.29, 0.717) is 18.4 Å². The summed E-state index contributed by atoms with van der Waals surface area (Å²) in [5, 5.41) is 1.05. The van der Waals surface area contributed by atoms with E-state index in [1.165, 1.54) is 0 Å². The van der Waals surface area contributed by atoms with Gasteiger partial charge >= 0.3 is 0 Å². The van der Waals surface area contributed by atoms with Crippen molar-refractivity contribution in [2.45, 2.75) is 59.9 Å². The van der Waals surface area contributed by atoms with Gasteiger partial charge in [-0.1, -0.05) is 33.8 Å². The minimum Gasteiger partial charge on any atom is -0.208 e. The van der Waals surface area contributed by atoms with Crippen molar-refractivity contribution >= 4 is 10.0 Å². The van der Waals surface area contributed by atoms with Gasteiger partial charge in [0.15, 0.2) is 0 Å². The Morgan fingerprint density at radius 2 is 1.72 bits per heavy atom. The maximum atomic E-state index is 12.0. The van der Waals surface area contributed by atoms with E-state index in [-0.39, 0.29) is 0 Å². The molecule has 2 atom stereocenters. The maximum absolute atomic E-state index is 12.0. The molecule has 0 aliphatic heterocycles.